The molecule has 7 heteroatoms. The molecule has 21 heavy (non-hydrogen) atoms. The molecule has 3 rings (SSSR count). The van der Waals surface area contributed by atoms with E-state index in [0.29, 0.717) is 39.4 Å². The smallest absolute Gasteiger partial charge is 0.258 e. The minimum atomic E-state index is 0.358. The summed E-state index contributed by atoms with van der Waals surface area (Å²) in [6, 6.07) is 8.69. The molecule has 2 N–H and O–H groups in total. The number of hydrogen-bond donors (Lipinski definition) is 1. The van der Waals surface area contributed by atoms with Crippen LogP contribution in [-0.2, 0) is 0 Å². The minimum Gasteiger partial charge on any atom is -0.495 e. The Morgan fingerprint density at radius 3 is 2.76 bits per heavy atom. The van der Waals surface area contributed by atoms with E-state index < -0.39 is 0 Å². The molecule has 0 spiro atoms. The molecule has 3 aromatic rings. The van der Waals surface area contributed by atoms with Crippen molar-refractivity contribution >= 4 is 17.3 Å². The van der Waals surface area contributed by atoms with Gasteiger partial charge in [0.25, 0.3) is 5.89 Å². The van der Waals surface area contributed by atoms with E-state index in [9.17, 15) is 0 Å². The second kappa shape index (κ2) is 5.41. The van der Waals surface area contributed by atoms with Gasteiger partial charge in [0.05, 0.1) is 17.8 Å². The minimum absolute atomic E-state index is 0.358. The Balaban J connectivity index is 1.94. The van der Waals surface area contributed by atoms with Crippen molar-refractivity contribution in [1.29, 1.82) is 0 Å². The van der Waals surface area contributed by atoms with E-state index in [1.807, 2.05) is 0 Å². The number of anilines is 1. The van der Waals surface area contributed by atoms with Crippen molar-refractivity contribution in [2.45, 2.75) is 0 Å². The van der Waals surface area contributed by atoms with Crippen molar-refractivity contribution in [3.05, 3.63) is 41.6 Å². The fraction of sp³-hybridized carbons (Fsp3) is 0.0714. The Kier molecular flexibility index (Phi) is 3.45. The predicted octanol–water partition coefficient (Wildman–Crippen LogP) is 3.04. The molecule has 0 aliphatic carbocycles. The molecule has 0 saturated carbocycles. The van der Waals surface area contributed by atoms with E-state index in [4.69, 9.17) is 26.6 Å². The first-order valence-corrected chi connectivity index (χ1v) is 6.44. The van der Waals surface area contributed by atoms with Crippen LogP contribution in [0.15, 0.2) is 41.1 Å². The molecular formula is C14H11ClN4O2. The van der Waals surface area contributed by atoms with Crippen LogP contribution in [0.5, 0.6) is 5.75 Å². The van der Waals surface area contributed by atoms with E-state index in [-0.39, 0.29) is 0 Å². The first-order valence-electron chi connectivity index (χ1n) is 6.07. The maximum Gasteiger partial charge on any atom is 0.258 e. The van der Waals surface area contributed by atoms with Crippen LogP contribution < -0.4 is 10.5 Å². The van der Waals surface area contributed by atoms with Gasteiger partial charge in [-0.2, -0.15) is 4.98 Å². The first kappa shape index (κ1) is 13.4. The van der Waals surface area contributed by atoms with Crippen molar-refractivity contribution in [1.82, 2.24) is 15.1 Å². The van der Waals surface area contributed by atoms with Gasteiger partial charge in [0.2, 0.25) is 5.82 Å². The number of nitrogens with two attached hydrogens (primary N) is 1. The van der Waals surface area contributed by atoms with E-state index in [1.165, 1.54) is 6.20 Å². The fourth-order valence-electron chi connectivity index (χ4n) is 1.82. The molecule has 1 aromatic carbocycles. The summed E-state index contributed by atoms with van der Waals surface area (Å²) in [5.74, 6) is 1.34. The highest BCUT2D eigenvalue weighted by Crippen LogP contribution is 2.28. The second-order valence-corrected chi connectivity index (χ2v) is 4.68. The van der Waals surface area contributed by atoms with Gasteiger partial charge in [-0.15, -0.1) is 0 Å². The summed E-state index contributed by atoms with van der Waals surface area (Å²) in [5.41, 5.74) is 7.65. The molecule has 0 amide bonds. The second-order valence-electron chi connectivity index (χ2n) is 4.24. The normalized spacial score (nSPS) is 10.6. The van der Waals surface area contributed by atoms with Gasteiger partial charge in [0.1, 0.15) is 11.4 Å². The molecule has 106 valence electrons. The number of aromatic nitrogens is 3. The summed E-state index contributed by atoms with van der Waals surface area (Å²) in [6.07, 6.45) is 1.53. The molecule has 6 nitrogen and oxygen atoms in total. The Morgan fingerprint density at radius 1 is 1.24 bits per heavy atom. The number of methoxy groups -OCH3 is 1. The average molecular weight is 303 g/mol. The van der Waals surface area contributed by atoms with Gasteiger partial charge in [-0.1, -0.05) is 16.8 Å². The third kappa shape index (κ3) is 2.66. The maximum absolute atomic E-state index is 5.86. The average Bonchev–Trinajstić information content (AvgIpc) is 2.98. The third-order valence-electron chi connectivity index (χ3n) is 2.86. The Labute approximate surface area is 125 Å². The summed E-state index contributed by atoms with van der Waals surface area (Å²) in [7, 11) is 1.56. The van der Waals surface area contributed by atoms with Crippen LogP contribution in [0, 0.1) is 0 Å². The highest BCUT2D eigenvalue weighted by Gasteiger charge is 2.12. The number of nitrogen functional groups attached to an aromatic ring is 1. The molecule has 0 aliphatic heterocycles. The third-order valence-corrected chi connectivity index (χ3v) is 3.08. The molecule has 0 unspecified atom stereocenters. The molecular weight excluding hydrogens is 292 g/mol. The van der Waals surface area contributed by atoms with Crippen molar-refractivity contribution in [2.75, 3.05) is 12.8 Å². The van der Waals surface area contributed by atoms with Gasteiger partial charge in [0.15, 0.2) is 0 Å². The molecule has 0 atom stereocenters. The lowest BCUT2D eigenvalue weighted by Gasteiger charge is -2.04. The van der Waals surface area contributed by atoms with Gasteiger partial charge in [-0.3, -0.25) is 4.98 Å². The zero-order valence-electron chi connectivity index (χ0n) is 11.1. The monoisotopic (exact) mass is 302 g/mol. The quantitative estimate of drug-likeness (QED) is 0.748. The zero-order chi connectivity index (χ0) is 14.8. The van der Waals surface area contributed by atoms with Crippen molar-refractivity contribution in [3.63, 3.8) is 0 Å². The molecule has 2 heterocycles. The van der Waals surface area contributed by atoms with Gasteiger partial charge in [0, 0.05) is 11.8 Å². The van der Waals surface area contributed by atoms with Crippen LogP contribution >= 0.6 is 11.6 Å². The lowest BCUT2D eigenvalue weighted by molar-refractivity contribution is 0.416. The highest BCUT2D eigenvalue weighted by molar-refractivity contribution is 6.30. The summed E-state index contributed by atoms with van der Waals surface area (Å²) in [4.78, 5) is 8.44. The summed E-state index contributed by atoms with van der Waals surface area (Å²) in [6.45, 7) is 0. The highest BCUT2D eigenvalue weighted by atomic mass is 35.5. The van der Waals surface area contributed by atoms with Crippen LogP contribution in [0.2, 0.25) is 5.02 Å². The summed E-state index contributed by atoms with van der Waals surface area (Å²) in [5, 5.41) is 4.45. The largest absolute Gasteiger partial charge is 0.495 e. The predicted molar refractivity (Wildman–Crippen MR) is 78.9 cm³/mol. The van der Waals surface area contributed by atoms with E-state index in [2.05, 4.69) is 15.1 Å². The van der Waals surface area contributed by atoms with Crippen LogP contribution in [0.25, 0.3) is 23.0 Å². The molecule has 0 saturated heterocycles. The van der Waals surface area contributed by atoms with Crippen LogP contribution in [-0.4, -0.2) is 22.2 Å². The number of halogens is 1. The lowest BCUT2D eigenvalue weighted by Crippen LogP contribution is -1.92. The lowest BCUT2D eigenvalue weighted by atomic mass is 10.2. The fourth-order valence-corrected chi connectivity index (χ4v) is 1.93. The first-order chi connectivity index (χ1) is 10.2. The SMILES string of the molecule is COc1ccc(-c2nc(-c3ccc(Cl)cn3)no2)cc1N. The number of hydrogen-bond acceptors (Lipinski definition) is 6. The molecule has 0 aliphatic rings. The molecule has 0 fully saturated rings. The van der Waals surface area contributed by atoms with Crippen molar-refractivity contribution in [3.8, 4) is 28.7 Å². The molecule has 0 radical (unpaired) electrons. The van der Waals surface area contributed by atoms with Gasteiger partial charge >= 0.3 is 0 Å². The number of ether oxygens (including phenoxy) is 1. The molecule has 0 bridgehead atoms. The van der Waals surface area contributed by atoms with Gasteiger partial charge in [-0.05, 0) is 30.3 Å². The van der Waals surface area contributed by atoms with E-state index in [1.54, 1.807) is 37.4 Å². The van der Waals surface area contributed by atoms with E-state index in [0.717, 1.165) is 0 Å². The Hall–Kier alpha value is -2.60. The summed E-state index contributed by atoms with van der Waals surface area (Å²) < 4.78 is 10.3. The Bertz CT molecular complexity index is 771. The van der Waals surface area contributed by atoms with Crippen LogP contribution in [0.4, 0.5) is 5.69 Å². The Morgan fingerprint density at radius 2 is 2.10 bits per heavy atom. The number of nitrogens with zero attached hydrogens (tertiary/aromatic N) is 3. The number of rotatable bonds is 3. The molecule has 2 aromatic heterocycles. The van der Waals surface area contributed by atoms with Crippen LogP contribution in [0.3, 0.4) is 0 Å². The zero-order valence-corrected chi connectivity index (χ0v) is 11.8. The standard InChI is InChI=1S/C14H11ClN4O2/c1-20-12-5-2-8(6-10(12)16)14-18-13(19-21-14)11-4-3-9(15)7-17-11/h2-7H,16H2,1H3. The maximum atomic E-state index is 5.86. The van der Waals surface area contributed by atoms with Crippen molar-refractivity contribution in [2.24, 2.45) is 0 Å². The topological polar surface area (TPSA) is 87.1 Å². The van der Waals surface area contributed by atoms with Crippen LogP contribution in [0.1, 0.15) is 0 Å². The van der Waals surface area contributed by atoms with E-state index >= 15 is 0 Å². The number of pyridine rings is 1. The van der Waals surface area contributed by atoms with Gasteiger partial charge in [-0.25, -0.2) is 0 Å². The number of benzene rings is 1. The summed E-state index contributed by atoms with van der Waals surface area (Å²) >= 11 is 5.79. The van der Waals surface area contributed by atoms with Gasteiger partial charge < -0.3 is 15.0 Å². The van der Waals surface area contributed by atoms with Crippen molar-refractivity contribution < 1.29 is 9.26 Å².